The number of hydrogen-bond acceptors (Lipinski definition) is 4. The maximum absolute atomic E-state index is 15.3. The van der Waals surface area contributed by atoms with Crippen LogP contribution < -0.4 is 5.73 Å². The Morgan fingerprint density at radius 1 is 1.30 bits per heavy atom. The predicted molar refractivity (Wildman–Crippen MR) is 106 cm³/mol. The van der Waals surface area contributed by atoms with E-state index in [0.717, 1.165) is 18.2 Å². The van der Waals surface area contributed by atoms with E-state index in [9.17, 15) is 14.0 Å². The van der Waals surface area contributed by atoms with E-state index in [2.05, 4.69) is 0 Å². The number of carbonyl (C=O) groups excluding carboxylic acids is 2. The minimum Gasteiger partial charge on any atom is -0.464 e. The van der Waals surface area contributed by atoms with Crippen molar-refractivity contribution in [3.05, 3.63) is 34.6 Å². The van der Waals surface area contributed by atoms with Crippen LogP contribution in [0.5, 0.6) is 0 Å². The van der Waals surface area contributed by atoms with Gasteiger partial charge in [0.15, 0.2) is 0 Å². The van der Waals surface area contributed by atoms with Gasteiger partial charge in [-0.25, -0.2) is 13.2 Å². The van der Waals surface area contributed by atoms with Crippen LogP contribution in [0.15, 0.2) is 18.2 Å². The predicted octanol–water partition coefficient (Wildman–Crippen LogP) is 3.87. The summed E-state index contributed by atoms with van der Waals surface area (Å²) >= 11 is 5.89. The molecule has 1 aromatic carbocycles. The van der Waals surface area contributed by atoms with Crippen LogP contribution in [0.25, 0.3) is 0 Å². The van der Waals surface area contributed by atoms with E-state index < -0.39 is 34.2 Å². The fraction of sp³-hybridized carbons (Fsp3) is 0.619. The van der Waals surface area contributed by atoms with Crippen LogP contribution in [0.3, 0.4) is 0 Å². The van der Waals surface area contributed by atoms with Crippen LogP contribution >= 0.6 is 11.6 Å². The molecule has 9 heteroatoms. The molecule has 1 saturated heterocycles. The molecule has 0 unspecified atom stereocenters. The number of benzene rings is 1. The zero-order chi connectivity index (χ0) is 22.3. The Morgan fingerprint density at radius 3 is 2.43 bits per heavy atom. The van der Waals surface area contributed by atoms with Gasteiger partial charge in [0, 0.05) is 36.9 Å². The number of ether oxygens (including phenoxy) is 1. The van der Waals surface area contributed by atoms with Gasteiger partial charge in [0.25, 0.3) is 5.92 Å². The standard InChI is InChI=1S/C21H26ClF3N2O3/c1-13(28)30-12-20(26)10-14(11-20)18(29)27-7-5-19(2,6-8-27)21(24,25)16-4-3-15(23)9-17(16)22/h3-4,9,14H,5-8,10-12,26H2,1-2H3/t14-,20+. The highest BCUT2D eigenvalue weighted by Crippen LogP contribution is 2.53. The molecule has 1 aliphatic carbocycles. The molecule has 2 fully saturated rings. The molecule has 1 saturated carbocycles. The van der Waals surface area contributed by atoms with E-state index in [0.29, 0.717) is 12.8 Å². The molecule has 1 amide bonds. The average Bonchev–Trinajstić information content (AvgIpc) is 2.63. The zero-order valence-corrected chi connectivity index (χ0v) is 17.8. The molecular formula is C21H26ClF3N2O3. The van der Waals surface area contributed by atoms with Crippen molar-refractivity contribution in [2.75, 3.05) is 19.7 Å². The van der Waals surface area contributed by atoms with E-state index in [1.54, 1.807) is 4.90 Å². The van der Waals surface area contributed by atoms with Gasteiger partial charge in [-0.2, -0.15) is 0 Å². The van der Waals surface area contributed by atoms with Crippen LogP contribution in [0.1, 0.15) is 45.1 Å². The number of nitrogens with zero attached hydrogens (tertiary/aromatic N) is 1. The fourth-order valence-corrected chi connectivity index (χ4v) is 4.61. The van der Waals surface area contributed by atoms with Crippen molar-refractivity contribution < 1.29 is 27.5 Å². The first-order valence-corrected chi connectivity index (χ1v) is 10.3. The summed E-state index contributed by atoms with van der Waals surface area (Å²) in [6, 6.07) is 2.89. The number of hydrogen-bond donors (Lipinski definition) is 1. The number of carbonyl (C=O) groups is 2. The van der Waals surface area contributed by atoms with Crippen molar-refractivity contribution in [3.63, 3.8) is 0 Å². The smallest absolute Gasteiger partial charge is 0.302 e. The Labute approximate surface area is 178 Å². The monoisotopic (exact) mass is 446 g/mol. The third-order valence-corrected chi connectivity index (χ3v) is 6.74. The van der Waals surface area contributed by atoms with Crippen molar-refractivity contribution in [1.29, 1.82) is 0 Å². The second kappa shape index (κ2) is 8.04. The van der Waals surface area contributed by atoms with E-state index in [-0.39, 0.29) is 49.4 Å². The summed E-state index contributed by atoms with van der Waals surface area (Å²) in [7, 11) is 0. The van der Waals surface area contributed by atoms with Gasteiger partial charge in [0.2, 0.25) is 5.91 Å². The van der Waals surface area contributed by atoms with Gasteiger partial charge in [-0.05, 0) is 43.9 Å². The van der Waals surface area contributed by atoms with Crippen molar-refractivity contribution in [3.8, 4) is 0 Å². The molecule has 1 heterocycles. The van der Waals surface area contributed by atoms with Crippen LogP contribution in [0.4, 0.5) is 13.2 Å². The minimum atomic E-state index is -3.26. The number of esters is 1. The Bertz CT molecular complexity index is 835. The quantitative estimate of drug-likeness (QED) is 0.697. The molecule has 0 bridgehead atoms. The Morgan fingerprint density at radius 2 is 1.90 bits per heavy atom. The van der Waals surface area contributed by atoms with Gasteiger partial charge in [0.05, 0.1) is 10.6 Å². The van der Waals surface area contributed by atoms with E-state index in [4.69, 9.17) is 22.1 Å². The SMILES string of the molecule is CC(=O)OC[C@]1(N)C[C@@H](C(=O)N2CCC(C)(C(F)(F)c3ccc(F)cc3Cl)CC2)C1. The third kappa shape index (κ3) is 4.30. The van der Waals surface area contributed by atoms with Crippen LogP contribution in [-0.2, 0) is 20.2 Å². The molecule has 30 heavy (non-hydrogen) atoms. The highest BCUT2D eigenvalue weighted by molar-refractivity contribution is 6.31. The molecular weight excluding hydrogens is 421 g/mol. The minimum absolute atomic E-state index is 0.0643. The number of likely N-dealkylation sites (tertiary alicyclic amines) is 1. The number of nitrogens with two attached hydrogens (primary N) is 1. The number of piperidine rings is 1. The molecule has 0 spiro atoms. The maximum Gasteiger partial charge on any atom is 0.302 e. The summed E-state index contributed by atoms with van der Waals surface area (Å²) in [6.45, 7) is 3.23. The number of amides is 1. The lowest BCUT2D eigenvalue weighted by Crippen LogP contribution is -2.60. The summed E-state index contributed by atoms with van der Waals surface area (Å²) in [5.41, 5.74) is 3.60. The van der Waals surface area contributed by atoms with Gasteiger partial charge < -0.3 is 15.4 Å². The largest absolute Gasteiger partial charge is 0.464 e. The van der Waals surface area contributed by atoms with Gasteiger partial charge in [0.1, 0.15) is 12.4 Å². The molecule has 5 nitrogen and oxygen atoms in total. The van der Waals surface area contributed by atoms with Crippen LogP contribution in [0.2, 0.25) is 5.02 Å². The van der Waals surface area contributed by atoms with Gasteiger partial charge in [-0.1, -0.05) is 18.5 Å². The lowest BCUT2D eigenvalue weighted by atomic mass is 9.68. The van der Waals surface area contributed by atoms with E-state index in [1.165, 1.54) is 13.8 Å². The molecule has 1 aromatic rings. The highest BCUT2D eigenvalue weighted by Gasteiger charge is 2.54. The molecule has 166 valence electrons. The molecule has 2 aliphatic rings. The van der Waals surface area contributed by atoms with E-state index >= 15 is 8.78 Å². The highest BCUT2D eigenvalue weighted by atomic mass is 35.5. The second-order valence-corrected chi connectivity index (χ2v) is 9.24. The second-order valence-electron chi connectivity index (χ2n) is 8.83. The zero-order valence-electron chi connectivity index (χ0n) is 17.0. The summed E-state index contributed by atoms with van der Waals surface area (Å²) in [6.07, 6.45) is 0.975. The Kier molecular flexibility index (Phi) is 6.13. The maximum atomic E-state index is 15.3. The van der Waals surface area contributed by atoms with Crippen molar-refractivity contribution >= 4 is 23.5 Å². The van der Waals surface area contributed by atoms with Crippen LogP contribution in [-0.4, -0.2) is 42.0 Å². The molecule has 2 N–H and O–H groups in total. The van der Waals surface area contributed by atoms with E-state index in [1.807, 2.05) is 0 Å². The lowest BCUT2D eigenvalue weighted by molar-refractivity contribution is -0.161. The number of rotatable bonds is 5. The molecule has 0 radical (unpaired) electrons. The first-order chi connectivity index (χ1) is 13.9. The first kappa shape index (κ1) is 22.9. The first-order valence-electron chi connectivity index (χ1n) is 9.91. The number of halogens is 4. The molecule has 1 aliphatic heterocycles. The summed E-state index contributed by atoms with van der Waals surface area (Å²) < 4.78 is 48.7. The van der Waals surface area contributed by atoms with Crippen molar-refractivity contribution in [1.82, 2.24) is 4.90 Å². The Hall–Kier alpha value is -1.80. The summed E-state index contributed by atoms with van der Waals surface area (Å²) in [5, 5.41) is -0.304. The molecule has 0 atom stereocenters. The van der Waals surface area contributed by atoms with Gasteiger partial charge >= 0.3 is 5.97 Å². The van der Waals surface area contributed by atoms with Gasteiger partial charge in [-0.15, -0.1) is 0 Å². The topological polar surface area (TPSA) is 72.6 Å². The fourth-order valence-electron chi connectivity index (χ4n) is 4.32. The lowest BCUT2D eigenvalue weighted by Gasteiger charge is -2.48. The number of alkyl halides is 2. The van der Waals surface area contributed by atoms with Crippen molar-refractivity contribution in [2.45, 2.75) is 51.0 Å². The molecule has 3 rings (SSSR count). The Balaban J connectivity index is 1.60. The third-order valence-electron chi connectivity index (χ3n) is 6.42. The van der Waals surface area contributed by atoms with Crippen molar-refractivity contribution in [2.24, 2.45) is 17.1 Å². The average molecular weight is 447 g/mol. The summed E-state index contributed by atoms with van der Waals surface area (Å²) in [4.78, 5) is 25.3. The molecule has 0 aromatic heterocycles. The normalized spacial score (nSPS) is 26.1. The summed E-state index contributed by atoms with van der Waals surface area (Å²) in [5.74, 6) is -4.76. The van der Waals surface area contributed by atoms with Gasteiger partial charge in [-0.3, -0.25) is 9.59 Å². The van der Waals surface area contributed by atoms with Crippen LogP contribution in [0, 0.1) is 17.2 Å².